The van der Waals surface area contributed by atoms with Crippen molar-refractivity contribution in [3.8, 4) is 0 Å². The number of benzene rings is 1. The van der Waals surface area contributed by atoms with Gasteiger partial charge in [-0.15, -0.1) is 0 Å². The van der Waals surface area contributed by atoms with E-state index in [4.69, 9.17) is 11.6 Å². The van der Waals surface area contributed by atoms with Gasteiger partial charge in [0.2, 0.25) is 0 Å². The largest absolute Gasteiger partial charge is 0.297 e. The predicted molar refractivity (Wildman–Crippen MR) is 67.8 cm³/mol. The molecule has 0 radical (unpaired) electrons. The van der Waals surface area contributed by atoms with Crippen molar-refractivity contribution >= 4 is 34.3 Å². The number of aromatic nitrogens is 2. The van der Waals surface area contributed by atoms with E-state index in [1.54, 1.807) is 4.40 Å². The number of fused-ring (bicyclic) bond motifs is 3. The second kappa shape index (κ2) is 3.57. The average molecular weight is 245 g/mol. The van der Waals surface area contributed by atoms with Gasteiger partial charge >= 0.3 is 0 Å². The molecule has 0 aliphatic rings. The fourth-order valence-corrected chi connectivity index (χ4v) is 2.24. The van der Waals surface area contributed by atoms with Gasteiger partial charge in [0.15, 0.2) is 6.29 Å². The Morgan fingerprint density at radius 2 is 2.18 bits per heavy atom. The third-order valence-corrected chi connectivity index (χ3v) is 3.14. The summed E-state index contributed by atoms with van der Waals surface area (Å²) in [6, 6.07) is 7.61. The summed E-state index contributed by atoms with van der Waals surface area (Å²) in [4.78, 5) is 15.4. The number of aryl methyl sites for hydroxylation is 1. The molecule has 0 amide bonds. The molecule has 84 valence electrons. The standard InChI is InChI=1S/C13H9ClN2O/c1-8-12(7-17)16-5-4-9-2-3-10(14)6-11(9)13(16)15-8/h2-7H,1H3. The van der Waals surface area contributed by atoms with Crippen LogP contribution >= 0.6 is 11.6 Å². The lowest BCUT2D eigenvalue weighted by molar-refractivity contribution is 0.111. The first kappa shape index (κ1) is 10.3. The van der Waals surface area contributed by atoms with E-state index in [1.807, 2.05) is 37.4 Å². The number of aldehydes is 1. The van der Waals surface area contributed by atoms with E-state index in [-0.39, 0.29) is 0 Å². The molecule has 2 aromatic heterocycles. The lowest BCUT2D eigenvalue weighted by Crippen LogP contribution is -1.92. The lowest BCUT2D eigenvalue weighted by atomic mass is 10.2. The van der Waals surface area contributed by atoms with Crippen molar-refractivity contribution in [2.45, 2.75) is 6.92 Å². The Labute approximate surface area is 103 Å². The molecule has 3 nitrogen and oxygen atoms in total. The van der Waals surface area contributed by atoms with Gasteiger partial charge in [-0.25, -0.2) is 4.98 Å². The molecule has 0 bridgehead atoms. The highest BCUT2D eigenvalue weighted by Gasteiger charge is 2.10. The van der Waals surface area contributed by atoms with Crippen LogP contribution in [0.2, 0.25) is 5.02 Å². The van der Waals surface area contributed by atoms with Crippen LogP contribution in [-0.2, 0) is 0 Å². The van der Waals surface area contributed by atoms with E-state index in [0.29, 0.717) is 10.7 Å². The van der Waals surface area contributed by atoms with Crippen molar-refractivity contribution in [3.05, 3.63) is 46.9 Å². The van der Waals surface area contributed by atoms with Gasteiger partial charge in [0.1, 0.15) is 11.3 Å². The number of halogens is 1. The maximum atomic E-state index is 11.0. The van der Waals surface area contributed by atoms with Crippen molar-refractivity contribution in [2.75, 3.05) is 0 Å². The molecule has 0 fully saturated rings. The number of nitrogens with zero attached hydrogens (tertiary/aromatic N) is 2. The lowest BCUT2D eigenvalue weighted by Gasteiger charge is -2.01. The zero-order valence-electron chi connectivity index (χ0n) is 9.14. The van der Waals surface area contributed by atoms with E-state index < -0.39 is 0 Å². The Hall–Kier alpha value is -1.87. The molecule has 0 atom stereocenters. The predicted octanol–water partition coefficient (Wildman–Crippen LogP) is 3.26. The number of carbonyl (C=O) groups excluding carboxylic acids is 1. The molecule has 0 aliphatic carbocycles. The van der Waals surface area contributed by atoms with E-state index in [2.05, 4.69) is 4.98 Å². The topological polar surface area (TPSA) is 34.4 Å². The van der Waals surface area contributed by atoms with Gasteiger partial charge in [0, 0.05) is 16.6 Å². The van der Waals surface area contributed by atoms with Crippen molar-refractivity contribution in [2.24, 2.45) is 0 Å². The molecule has 0 spiro atoms. The Kier molecular flexibility index (Phi) is 2.16. The summed E-state index contributed by atoms with van der Waals surface area (Å²) in [7, 11) is 0. The van der Waals surface area contributed by atoms with Gasteiger partial charge < -0.3 is 0 Å². The van der Waals surface area contributed by atoms with Crippen LogP contribution in [0.4, 0.5) is 0 Å². The van der Waals surface area contributed by atoms with Gasteiger partial charge in [-0.1, -0.05) is 17.7 Å². The number of hydrogen-bond acceptors (Lipinski definition) is 2. The van der Waals surface area contributed by atoms with Gasteiger partial charge in [-0.3, -0.25) is 9.20 Å². The summed E-state index contributed by atoms with van der Waals surface area (Å²) in [5.74, 6) is 0. The van der Waals surface area contributed by atoms with Crippen LogP contribution in [-0.4, -0.2) is 15.7 Å². The summed E-state index contributed by atoms with van der Waals surface area (Å²) < 4.78 is 1.79. The zero-order valence-corrected chi connectivity index (χ0v) is 9.90. The molecule has 2 heterocycles. The minimum Gasteiger partial charge on any atom is -0.297 e. The van der Waals surface area contributed by atoms with Crippen LogP contribution in [0.1, 0.15) is 16.2 Å². The van der Waals surface area contributed by atoms with Crippen LogP contribution in [0.3, 0.4) is 0 Å². The van der Waals surface area contributed by atoms with Gasteiger partial charge in [-0.2, -0.15) is 0 Å². The molecule has 0 N–H and O–H groups in total. The summed E-state index contributed by atoms with van der Waals surface area (Å²) in [5, 5.41) is 2.68. The number of rotatable bonds is 1. The van der Waals surface area contributed by atoms with Crippen molar-refractivity contribution < 1.29 is 4.79 Å². The van der Waals surface area contributed by atoms with Crippen LogP contribution in [0, 0.1) is 6.92 Å². The van der Waals surface area contributed by atoms with E-state index >= 15 is 0 Å². The summed E-state index contributed by atoms with van der Waals surface area (Å²) in [6.45, 7) is 1.83. The highest BCUT2D eigenvalue weighted by atomic mass is 35.5. The highest BCUT2D eigenvalue weighted by Crippen LogP contribution is 2.24. The fourth-order valence-electron chi connectivity index (χ4n) is 2.06. The first-order valence-electron chi connectivity index (χ1n) is 5.23. The Morgan fingerprint density at radius 1 is 1.35 bits per heavy atom. The highest BCUT2D eigenvalue weighted by molar-refractivity contribution is 6.31. The van der Waals surface area contributed by atoms with Crippen LogP contribution in [0.15, 0.2) is 30.5 Å². The molecule has 0 saturated heterocycles. The second-order valence-electron chi connectivity index (χ2n) is 3.94. The SMILES string of the molecule is Cc1nc2c3cc(Cl)ccc3ccn2c1C=O. The normalized spacial score (nSPS) is 11.2. The third kappa shape index (κ3) is 1.43. The third-order valence-electron chi connectivity index (χ3n) is 2.90. The number of carbonyl (C=O) groups is 1. The minimum absolute atomic E-state index is 0.585. The number of hydrogen-bond donors (Lipinski definition) is 0. The van der Waals surface area contributed by atoms with E-state index in [1.165, 1.54) is 0 Å². The minimum atomic E-state index is 0.585. The molecule has 0 aliphatic heterocycles. The summed E-state index contributed by atoms with van der Waals surface area (Å²) in [5.41, 5.74) is 2.08. The molecule has 4 heteroatoms. The first-order chi connectivity index (χ1) is 8.20. The molecular weight excluding hydrogens is 236 g/mol. The Balaban J connectivity index is 2.55. The van der Waals surface area contributed by atoms with Crippen molar-refractivity contribution in [1.82, 2.24) is 9.38 Å². The molecule has 0 unspecified atom stereocenters. The van der Waals surface area contributed by atoms with E-state index in [0.717, 1.165) is 28.4 Å². The molecular formula is C13H9ClN2O. The summed E-state index contributed by atoms with van der Waals surface area (Å²) >= 11 is 5.99. The van der Waals surface area contributed by atoms with E-state index in [9.17, 15) is 4.79 Å². The molecule has 0 saturated carbocycles. The van der Waals surface area contributed by atoms with Crippen LogP contribution < -0.4 is 0 Å². The number of pyridine rings is 1. The van der Waals surface area contributed by atoms with Crippen molar-refractivity contribution in [1.29, 1.82) is 0 Å². The zero-order chi connectivity index (χ0) is 12.0. The number of imidazole rings is 1. The molecule has 1 aromatic carbocycles. The van der Waals surface area contributed by atoms with Crippen molar-refractivity contribution in [3.63, 3.8) is 0 Å². The Morgan fingerprint density at radius 3 is 2.94 bits per heavy atom. The quantitative estimate of drug-likeness (QED) is 0.616. The van der Waals surface area contributed by atoms with Gasteiger partial charge in [0.05, 0.1) is 5.69 Å². The fraction of sp³-hybridized carbons (Fsp3) is 0.0769. The monoisotopic (exact) mass is 244 g/mol. The van der Waals surface area contributed by atoms with Crippen LogP contribution in [0.25, 0.3) is 16.4 Å². The van der Waals surface area contributed by atoms with Gasteiger partial charge in [0.25, 0.3) is 0 Å². The maximum Gasteiger partial charge on any atom is 0.168 e. The summed E-state index contributed by atoms with van der Waals surface area (Å²) in [6.07, 6.45) is 2.68. The second-order valence-corrected chi connectivity index (χ2v) is 4.38. The molecule has 3 rings (SSSR count). The average Bonchev–Trinajstić information content (AvgIpc) is 2.65. The molecule has 3 aromatic rings. The smallest absolute Gasteiger partial charge is 0.168 e. The Bertz CT molecular complexity index is 746. The maximum absolute atomic E-state index is 11.0. The molecule has 17 heavy (non-hydrogen) atoms. The first-order valence-corrected chi connectivity index (χ1v) is 5.60. The van der Waals surface area contributed by atoms with Crippen LogP contribution in [0.5, 0.6) is 0 Å². The van der Waals surface area contributed by atoms with Gasteiger partial charge in [-0.05, 0) is 30.5 Å².